The minimum atomic E-state index is -3.52. The highest BCUT2D eigenvalue weighted by Gasteiger charge is 2.48. The highest BCUT2D eigenvalue weighted by molar-refractivity contribution is 7.89. The summed E-state index contributed by atoms with van der Waals surface area (Å²) in [4.78, 5) is 26.8. The van der Waals surface area contributed by atoms with Gasteiger partial charge in [-0.25, -0.2) is 17.5 Å². The number of nitrogens with one attached hydrogen (secondary N) is 1. The number of imide groups is 1. The number of sulfonamides is 1. The summed E-state index contributed by atoms with van der Waals surface area (Å²) in [5.41, 5.74) is 0.799. The summed E-state index contributed by atoms with van der Waals surface area (Å²) in [7, 11) is -0.588. The van der Waals surface area contributed by atoms with E-state index in [2.05, 4.69) is 12.2 Å². The third-order valence-corrected chi connectivity index (χ3v) is 7.36. The van der Waals surface area contributed by atoms with Crippen LogP contribution in [0, 0.1) is 0 Å². The van der Waals surface area contributed by atoms with Crippen LogP contribution in [0.4, 0.5) is 4.79 Å². The first kappa shape index (κ1) is 23.7. The zero-order chi connectivity index (χ0) is 23.5. The summed E-state index contributed by atoms with van der Waals surface area (Å²) < 4.78 is 31.0. The highest BCUT2D eigenvalue weighted by Crippen LogP contribution is 2.29. The number of amides is 3. The first-order chi connectivity index (χ1) is 15.1. The zero-order valence-electron chi connectivity index (χ0n) is 18.8. The van der Waals surface area contributed by atoms with Gasteiger partial charge in [-0.2, -0.15) is 0 Å². The molecule has 1 heterocycles. The van der Waals surface area contributed by atoms with Crippen molar-refractivity contribution in [2.24, 2.45) is 0 Å². The molecular weight excluding hydrogens is 430 g/mol. The van der Waals surface area contributed by atoms with E-state index in [4.69, 9.17) is 4.74 Å². The predicted molar refractivity (Wildman–Crippen MR) is 121 cm³/mol. The number of ether oxygens (including phenoxy) is 1. The molecule has 2 aromatic carbocycles. The van der Waals surface area contributed by atoms with E-state index in [9.17, 15) is 18.0 Å². The number of hydrogen-bond donors (Lipinski definition) is 1. The molecule has 3 amide bonds. The lowest BCUT2D eigenvalue weighted by Crippen LogP contribution is -2.41. The van der Waals surface area contributed by atoms with Gasteiger partial charge in [0.1, 0.15) is 17.9 Å². The molecule has 32 heavy (non-hydrogen) atoms. The van der Waals surface area contributed by atoms with Gasteiger partial charge in [-0.3, -0.25) is 9.69 Å². The Labute approximate surface area is 189 Å². The molecule has 0 aliphatic carbocycles. The van der Waals surface area contributed by atoms with Crippen molar-refractivity contribution in [3.05, 3.63) is 59.7 Å². The van der Waals surface area contributed by atoms with Crippen molar-refractivity contribution in [1.82, 2.24) is 14.5 Å². The molecule has 1 atom stereocenters. The lowest BCUT2D eigenvalue weighted by atomic mass is 9.91. The fraction of sp³-hybridized carbons (Fsp3) is 0.391. The van der Waals surface area contributed by atoms with Crippen LogP contribution in [0.15, 0.2) is 53.4 Å². The Kier molecular flexibility index (Phi) is 6.90. The summed E-state index contributed by atoms with van der Waals surface area (Å²) >= 11 is 0. The van der Waals surface area contributed by atoms with E-state index in [1.807, 2.05) is 24.3 Å². The summed E-state index contributed by atoms with van der Waals surface area (Å²) in [5.74, 6) is 0.116. The Morgan fingerprint density at radius 3 is 2.22 bits per heavy atom. The maximum absolute atomic E-state index is 13.0. The molecule has 0 saturated carbocycles. The quantitative estimate of drug-likeness (QED) is 0.582. The van der Waals surface area contributed by atoms with Crippen LogP contribution in [0.2, 0.25) is 0 Å². The van der Waals surface area contributed by atoms with Gasteiger partial charge < -0.3 is 10.1 Å². The molecule has 1 unspecified atom stereocenters. The number of benzene rings is 2. The minimum Gasteiger partial charge on any atom is -0.492 e. The Morgan fingerprint density at radius 2 is 1.66 bits per heavy atom. The van der Waals surface area contributed by atoms with Crippen LogP contribution >= 0.6 is 0 Å². The lowest BCUT2D eigenvalue weighted by molar-refractivity contribution is -0.131. The average Bonchev–Trinajstić information content (AvgIpc) is 2.98. The maximum atomic E-state index is 13.0. The number of carbonyl (C=O) groups is 2. The number of aryl methyl sites for hydroxylation is 1. The minimum absolute atomic E-state index is 0.0753. The normalized spacial score (nSPS) is 18.8. The van der Waals surface area contributed by atoms with E-state index in [1.165, 1.54) is 31.8 Å². The molecule has 2 aromatic rings. The second-order valence-corrected chi connectivity index (χ2v) is 10.2. The molecule has 172 valence electrons. The third kappa shape index (κ3) is 4.63. The molecule has 8 nitrogen and oxygen atoms in total. The Bertz CT molecular complexity index is 1080. The van der Waals surface area contributed by atoms with Crippen LogP contribution < -0.4 is 10.1 Å². The second-order valence-electron chi connectivity index (χ2n) is 8.07. The van der Waals surface area contributed by atoms with Gasteiger partial charge in [-0.1, -0.05) is 37.6 Å². The van der Waals surface area contributed by atoms with Gasteiger partial charge in [0.2, 0.25) is 10.0 Å². The SMILES string of the molecule is CCCc1ccc(C2(C)NC(=O)N(CCOc3ccc(S(=O)(=O)N(C)C)cc3)C2=O)cc1. The summed E-state index contributed by atoms with van der Waals surface area (Å²) in [6.07, 6.45) is 2.00. The molecular formula is C23H29N3O5S. The molecule has 9 heteroatoms. The van der Waals surface area contributed by atoms with Crippen molar-refractivity contribution in [3.63, 3.8) is 0 Å². The van der Waals surface area contributed by atoms with E-state index in [-0.39, 0.29) is 24.0 Å². The number of hydrogen-bond acceptors (Lipinski definition) is 5. The van der Waals surface area contributed by atoms with Crippen molar-refractivity contribution in [3.8, 4) is 5.75 Å². The number of carbonyl (C=O) groups excluding carboxylic acids is 2. The van der Waals surface area contributed by atoms with Crippen molar-refractivity contribution in [2.45, 2.75) is 37.1 Å². The van der Waals surface area contributed by atoms with Crippen molar-refractivity contribution >= 4 is 22.0 Å². The second kappa shape index (κ2) is 9.30. The Morgan fingerprint density at radius 1 is 1.03 bits per heavy atom. The molecule has 3 rings (SSSR count). The van der Waals surface area contributed by atoms with Gasteiger partial charge in [-0.05, 0) is 48.7 Å². The van der Waals surface area contributed by atoms with Gasteiger partial charge in [0, 0.05) is 14.1 Å². The molecule has 1 aliphatic heterocycles. The van der Waals surface area contributed by atoms with Crippen LogP contribution in [0.3, 0.4) is 0 Å². The fourth-order valence-corrected chi connectivity index (χ4v) is 4.46. The summed E-state index contributed by atoms with van der Waals surface area (Å²) in [6, 6.07) is 13.3. The van der Waals surface area contributed by atoms with E-state index >= 15 is 0 Å². The molecule has 0 bridgehead atoms. The fourth-order valence-electron chi connectivity index (χ4n) is 3.56. The lowest BCUT2D eigenvalue weighted by Gasteiger charge is -2.22. The van der Waals surface area contributed by atoms with Crippen LogP contribution in [0.1, 0.15) is 31.4 Å². The molecule has 0 aromatic heterocycles. The molecule has 0 spiro atoms. The molecule has 0 radical (unpaired) electrons. The molecule has 1 saturated heterocycles. The molecule has 1 aliphatic rings. The first-order valence-corrected chi connectivity index (χ1v) is 11.9. The van der Waals surface area contributed by atoms with E-state index in [1.54, 1.807) is 19.1 Å². The van der Waals surface area contributed by atoms with Crippen molar-refractivity contribution in [2.75, 3.05) is 27.2 Å². The monoisotopic (exact) mass is 459 g/mol. The smallest absolute Gasteiger partial charge is 0.325 e. The van der Waals surface area contributed by atoms with Gasteiger partial charge in [-0.15, -0.1) is 0 Å². The number of rotatable bonds is 9. The Hall–Kier alpha value is -2.91. The van der Waals surface area contributed by atoms with Crippen molar-refractivity contribution < 1.29 is 22.7 Å². The van der Waals surface area contributed by atoms with Gasteiger partial charge in [0.05, 0.1) is 11.4 Å². The third-order valence-electron chi connectivity index (χ3n) is 5.53. The highest BCUT2D eigenvalue weighted by atomic mass is 32.2. The van der Waals surface area contributed by atoms with Crippen LogP contribution in [0.5, 0.6) is 5.75 Å². The standard InChI is InChI=1S/C23H29N3O5S/c1-5-6-17-7-9-18(10-8-17)23(2)21(27)26(22(28)24-23)15-16-31-19-11-13-20(14-12-19)32(29,30)25(3)4/h7-14H,5-6,15-16H2,1-4H3,(H,24,28). The number of nitrogens with zero attached hydrogens (tertiary/aromatic N) is 2. The van der Waals surface area contributed by atoms with E-state index < -0.39 is 21.6 Å². The Balaban J connectivity index is 1.62. The largest absolute Gasteiger partial charge is 0.492 e. The summed E-state index contributed by atoms with van der Waals surface area (Å²) in [6.45, 7) is 3.97. The first-order valence-electron chi connectivity index (χ1n) is 10.5. The van der Waals surface area contributed by atoms with E-state index in [0.717, 1.165) is 27.6 Å². The number of urea groups is 1. The van der Waals surface area contributed by atoms with Gasteiger partial charge in [0.25, 0.3) is 5.91 Å². The van der Waals surface area contributed by atoms with E-state index in [0.29, 0.717) is 5.75 Å². The molecule has 1 fully saturated rings. The average molecular weight is 460 g/mol. The van der Waals surface area contributed by atoms with Crippen LogP contribution in [0.25, 0.3) is 0 Å². The predicted octanol–water partition coefficient (Wildman–Crippen LogP) is 2.74. The van der Waals surface area contributed by atoms with Gasteiger partial charge >= 0.3 is 6.03 Å². The maximum Gasteiger partial charge on any atom is 0.325 e. The molecule has 1 N–H and O–H groups in total. The van der Waals surface area contributed by atoms with Gasteiger partial charge in [0.15, 0.2) is 0 Å². The van der Waals surface area contributed by atoms with Crippen LogP contribution in [-0.2, 0) is 26.8 Å². The topological polar surface area (TPSA) is 96.0 Å². The van der Waals surface area contributed by atoms with Crippen LogP contribution in [-0.4, -0.2) is 56.8 Å². The summed E-state index contributed by atoms with van der Waals surface area (Å²) in [5, 5.41) is 2.79. The van der Waals surface area contributed by atoms with Crippen molar-refractivity contribution in [1.29, 1.82) is 0 Å². The zero-order valence-corrected chi connectivity index (χ0v) is 19.6.